The van der Waals surface area contributed by atoms with Gasteiger partial charge in [-0.1, -0.05) is 12.5 Å². The number of hydrogen-bond acceptors (Lipinski definition) is 3. The van der Waals surface area contributed by atoms with E-state index in [0.717, 1.165) is 24.1 Å². The average molecular weight is 183 g/mol. The minimum Gasteiger partial charge on any atom is -0.463 e. The predicted molar refractivity (Wildman–Crippen MR) is 51.4 cm³/mol. The van der Waals surface area contributed by atoms with Crippen LogP contribution in [0.25, 0.3) is 0 Å². The monoisotopic (exact) mass is 183 g/mol. The largest absolute Gasteiger partial charge is 0.463 e. The highest BCUT2D eigenvalue weighted by molar-refractivity contribution is 5.91. The van der Waals surface area contributed by atoms with Crippen LogP contribution in [0.4, 0.5) is 0 Å². The molecule has 0 saturated carbocycles. The molecule has 1 fully saturated rings. The molecule has 1 N–H and O–H groups in total. The maximum atomic E-state index is 11.5. The third kappa shape index (κ3) is 2.56. The van der Waals surface area contributed by atoms with Crippen molar-refractivity contribution in [1.82, 2.24) is 5.32 Å². The van der Waals surface area contributed by atoms with Crippen LogP contribution in [0, 0.1) is 0 Å². The van der Waals surface area contributed by atoms with Gasteiger partial charge in [0.05, 0.1) is 18.2 Å². The molecule has 0 aromatic rings. The molecule has 0 radical (unpaired) electrons. The lowest BCUT2D eigenvalue weighted by atomic mass is 10.0. The highest BCUT2D eigenvalue weighted by atomic mass is 16.5. The van der Waals surface area contributed by atoms with Gasteiger partial charge in [0.1, 0.15) is 0 Å². The van der Waals surface area contributed by atoms with E-state index in [1.807, 2.05) is 13.8 Å². The van der Waals surface area contributed by atoms with E-state index >= 15 is 0 Å². The Balaban J connectivity index is 2.72. The van der Waals surface area contributed by atoms with E-state index in [1.54, 1.807) is 0 Å². The standard InChI is InChI=1S/C10H17NO2/c1-4-7(3)9(8-6-11-8)10(12)13-5-2/h8,11H,4-6H2,1-3H3/b9-7-/t8-/m1/s1. The topological polar surface area (TPSA) is 48.2 Å². The van der Waals surface area contributed by atoms with Crippen LogP contribution in [0.1, 0.15) is 27.2 Å². The number of nitrogens with one attached hydrogen (secondary N) is 1. The summed E-state index contributed by atoms with van der Waals surface area (Å²) in [5.74, 6) is -0.156. The fourth-order valence-electron chi connectivity index (χ4n) is 1.28. The van der Waals surface area contributed by atoms with Gasteiger partial charge < -0.3 is 10.1 Å². The molecule has 0 unspecified atom stereocenters. The fourth-order valence-corrected chi connectivity index (χ4v) is 1.28. The number of allylic oxidation sites excluding steroid dienone is 1. The molecule has 13 heavy (non-hydrogen) atoms. The summed E-state index contributed by atoms with van der Waals surface area (Å²) in [5, 5.41) is 3.13. The Hall–Kier alpha value is -0.830. The normalized spacial score (nSPS) is 22.2. The van der Waals surface area contributed by atoms with Crippen LogP contribution in [0.15, 0.2) is 11.1 Å². The van der Waals surface area contributed by atoms with E-state index in [1.165, 1.54) is 0 Å². The molecule has 3 nitrogen and oxygen atoms in total. The lowest BCUT2D eigenvalue weighted by molar-refractivity contribution is -0.138. The second-order valence-corrected chi connectivity index (χ2v) is 3.23. The van der Waals surface area contributed by atoms with E-state index < -0.39 is 0 Å². The van der Waals surface area contributed by atoms with Gasteiger partial charge >= 0.3 is 5.97 Å². The highest BCUT2D eigenvalue weighted by Gasteiger charge is 2.31. The fraction of sp³-hybridized carbons (Fsp3) is 0.700. The summed E-state index contributed by atoms with van der Waals surface area (Å²) in [6.07, 6.45) is 0.909. The molecule has 74 valence electrons. The summed E-state index contributed by atoms with van der Waals surface area (Å²) in [6.45, 7) is 7.23. The van der Waals surface area contributed by atoms with Crippen LogP contribution in [0.2, 0.25) is 0 Å². The van der Waals surface area contributed by atoms with Crippen LogP contribution in [-0.4, -0.2) is 25.2 Å². The maximum absolute atomic E-state index is 11.5. The summed E-state index contributed by atoms with van der Waals surface area (Å²) < 4.78 is 4.99. The van der Waals surface area contributed by atoms with Gasteiger partial charge in [0, 0.05) is 6.54 Å². The van der Waals surface area contributed by atoms with Crippen molar-refractivity contribution in [2.75, 3.05) is 13.2 Å². The molecule has 0 aromatic carbocycles. The number of hydrogen-bond donors (Lipinski definition) is 1. The van der Waals surface area contributed by atoms with Crippen molar-refractivity contribution in [3.8, 4) is 0 Å². The summed E-state index contributed by atoms with van der Waals surface area (Å²) >= 11 is 0. The van der Waals surface area contributed by atoms with E-state index in [9.17, 15) is 4.79 Å². The predicted octanol–water partition coefficient (Wildman–Crippen LogP) is 1.25. The molecule has 1 aliphatic heterocycles. The average Bonchev–Trinajstić information content (AvgIpc) is 2.89. The molecule has 0 amide bonds. The zero-order chi connectivity index (χ0) is 9.84. The Morgan fingerprint density at radius 1 is 1.54 bits per heavy atom. The van der Waals surface area contributed by atoms with E-state index in [2.05, 4.69) is 12.2 Å². The molecular formula is C10H17NO2. The minimum absolute atomic E-state index is 0.156. The smallest absolute Gasteiger partial charge is 0.335 e. The molecule has 0 spiro atoms. The van der Waals surface area contributed by atoms with Crippen molar-refractivity contribution in [2.45, 2.75) is 33.2 Å². The number of esters is 1. The summed E-state index contributed by atoms with van der Waals surface area (Å²) in [4.78, 5) is 11.5. The lowest BCUT2D eigenvalue weighted by Crippen LogP contribution is -2.15. The first kappa shape index (κ1) is 10.3. The van der Waals surface area contributed by atoms with Crippen molar-refractivity contribution in [1.29, 1.82) is 0 Å². The Labute approximate surface area is 79.2 Å². The zero-order valence-corrected chi connectivity index (χ0v) is 8.52. The Kier molecular flexibility index (Phi) is 3.48. The van der Waals surface area contributed by atoms with Crippen molar-refractivity contribution < 1.29 is 9.53 Å². The van der Waals surface area contributed by atoms with Gasteiger partial charge in [0.25, 0.3) is 0 Å². The van der Waals surface area contributed by atoms with Gasteiger partial charge in [0.15, 0.2) is 0 Å². The van der Waals surface area contributed by atoms with Crippen molar-refractivity contribution in [2.24, 2.45) is 0 Å². The van der Waals surface area contributed by atoms with Crippen LogP contribution < -0.4 is 5.32 Å². The number of carbonyl (C=O) groups is 1. The molecule has 1 rings (SSSR count). The minimum atomic E-state index is -0.156. The molecule has 1 heterocycles. The first-order valence-electron chi connectivity index (χ1n) is 4.80. The molecule has 1 atom stereocenters. The lowest BCUT2D eigenvalue weighted by Gasteiger charge is -2.08. The van der Waals surface area contributed by atoms with Gasteiger partial charge in [-0.3, -0.25) is 0 Å². The van der Waals surface area contributed by atoms with Crippen molar-refractivity contribution in [3.63, 3.8) is 0 Å². The van der Waals surface area contributed by atoms with E-state index in [0.29, 0.717) is 6.61 Å². The molecule has 0 aliphatic carbocycles. The maximum Gasteiger partial charge on any atom is 0.335 e. The summed E-state index contributed by atoms with van der Waals surface area (Å²) in [5.41, 5.74) is 1.97. The molecule has 3 heteroatoms. The van der Waals surface area contributed by atoms with Crippen LogP contribution in [-0.2, 0) is 9.53 Å². The Morgan fingerprint density at radius 2 is 2.15 bits per heavy atom. The second-order valence-electron chi connectivity index (χ2n) is 3.23. The van der Waals surface area contributed by atoms with Gasteiger partial charge in [-0.25, -0.2) is 4.79 Å². The molecule has 1 aliphatic rings. The first-order valence-corrected chi connectivity index (χ1v) is 4.80. The highest BCUT2D eigenvalue weighted by Crippen LogP contribution is 2.19. The molecule has 0 bridgehead atoms. The molecule has 0 aromatic heterocycles. The van der Waals surface area contributed by atoms with Crippen LogP contribution in [0.3, 0.4) is 0 Å². The number of rotatable bonds is 4. The van der Waals surface area contributed by atoms with Gasteiger partial charge in [-0.15, -0.1) is 0 Å². The van der Waals surface area contributed by atoms with Gasteiger partial charge in [-0.2, -0.15) is 0 Å². The summed E-state index contributed by atoms with van der Waals surface area (Å²) in [7, 11) is 0. The van der Waals surface area contributed by atoms with Crippen LogP contribution >= 0.6 is 0 Å². The Morgan fingerprint density at radius 3 is 2.54 bits per heavy atom. The third-order valence-electron chi connectivity index (χ3n) is 2.24. The summed E-state index contributed by atoms with van der Waals surface area (Å²) in [6, 6.07) is 0.249. The third-order valence-corrected chi connectivity index (χ3v) is 2.24. The van der Waals surface area contributed by atoms with Crippen molar-refractivity contribution in [3.05, 3.63) is 11.1 Å². The zero-order valence-electron chi connectivity index (χ0n) is 8.52. The van der Waals surface area contributed by atoms with Gasteiger partial charge in [-0.05, 0) is 20.3 Å². The Bertz CT molecular complexity index is 229. The quantitative estimate of drug-likeness (QED) is 0.405. The first-order chi connectivity index (χ1) is 6.20. The number of ether oxygens (including phenoxy) is 1. The van der Waals surface area contributed by atoms with Crippen LogP contribution in [0.5, 0.6) is 0 Å². The van der Waals surface area contributed by atoms with E-state index in [4.69, 9.17) is 4.74 Å². The molecule has 1 saturated heterocycles. The number of carbonyl (C=O) groups excluding carboxylic acids is 1. The second kappa shape index (κ2) is 4.42. The van der Waals surface area contributed by atoms with Crippen molar-refractivity contribution >= 4 is 5.97 Å². The SMILES string of the molecule is CCOC(=O)/C(=C(/C)CC)[C@H]1CN1. The van der Waals surface area contributed by atoms with Gasteiger partial charge in [0.2, 0.25) is 0 Å². The van der Waals surface area contributed by atoms with E-state index in [-0.39, 0.29) is 12.0 Å². The molecular weight excluding hydrogens is 166 g/mol.